The Morgan fingerprint density at radius 2 is 2.25 bits per heavy atom. The minimum atomic E-state index is 0.0392. The molecule has 0 radical (unpaired) electrons. The van der Waals surface area contributed by atoms with Gasteiger partial charge in [-0.2, -0.15) is 0 Å². The van der Waals surface area contributed by atoms with Crippen LogP contribution in [-0.4, -0.2) is 37.1 Å². The van der Waals surface area contributed by atoms with Crippen molar-refractivity contribution in [3.8, 4) is 0 Å². The zero-order valence-electron chi connectivity index (χ0n) is 9.35. The highest BCUT2D eigenvalue weighted by atomic mass is 16.5. The van der Waals surface area contributed by atoms with E-state index in [0.29, 0.717) is 6.54 Å². The number of nitrogens with two attached hydrogens (primary N) is 1. The average Bonchev–Trinajstić information content (AvgIpc) is 2.27. The lowest BCUT2D eigenvalue weighted by molar-refractivity contribution is -0.146. The summed E-state index contributed by atoms with van der Waals surface area (Å²) in [7, 11) is 1.80. The summed E-state index contributed by atoms with van der Waals surface area (Å²) in [5.41, 5.74) is 7.73. The lowest BCUT2D eigenvalue weighted by Crippen LogP contribution is -2.45. The molecule has 1 aliphatic rings. The number of carbonyl (C=O) groups excluding carboxylic acids is 1. The Bertz CT molecular complexity index is 392. The van der Waals surface area contributed by atoms with E-state index in [-0.39, 0.29) is 18.6 Å². The van der Waals surface area contributed by atoms with Crippen molar-refractivity contribution in [1.29, 1.82) is 0 Å². The van der Waals surface area contributed by atoms with Crippen LogP contribution in [0.4, 0.5) is 5.69 Å². The van der Waals surface area contributed by atoms with Crippen LogP contribution in [0.25, 0.3) is 0 Å². The van der Waals surface area contributed by atoms with Gasteiger partial charge in [0.25, 0.3) is 0 Å². The third kappa shape index (κ3) is 2.33. The van der Waals surface area contributed by atoms with Crippen LogP contribution in [0.2, 0.25) is 0 Å². The van der Waals surface area contributed by atoms with Crippen LogP contribution in [0.3, 0.4) is 0 Å². The summed E-state index contributed by atoms with van der Waals surface area (Å²) >= 11 is 0. The van der Waals surface area contributed by atoms with Crippen molar-refractivity contribution >= 4 is 11.6 Å². The summed E-state index contributed by atoms with van der Waals surface area (Å²) < 4.78 is 5.47. The maximum Gasteiger partial charge on any atom is 0.248 e. The predicted molar refractivity (Wildman–Crippen MR) is 61.9 cm³/mol. The average molecular weight is 220 g/mol. The lowest BCUT2D eigenvalue weighted by Gasteiger charge is -2.30. The molecule has 4 heteroatoms. The lowest BCUT2D eigenvalue weighted by atomic mass is 10.0. The number of hydrogen-bond acceptors (Lipinski definition) is 3. The number of ether oxygens (including phenoxy) is 1. The van der Waals surface area contributed by atoms with Crippen LogP contribution in [0, 0.1) is 0 Å². The molecule has 1 aromatic carbocycles. The van der Waals surface area contributed by atoms with Gasteiger partial charge < -0.3 is 15.4 Å². The first-order valence-electron chi connectivity index (χ1n) is 5.36. The molecular formula is C12H16N2O2. The van der Waals surface area contributed by atoms with Gasteiger partial charge in [-0.15, -0.1) is 0 Å². The van der Waals surface area contributed by atoms with Crippen molar-refractivity contribution in [3.63, 3.8) is 0 Å². The fraction of sp³-hybridized carbons (Fsp3) is 0.417. The Labute approximate surface area is 95.0 Å². The SMILES string of the molecule is CN1CC(Cc2ccccc2N)OCC1=O. The molecule has 0 aromatic heterocycles. The van der Waals surface area contributed by atoms with Crippen LogP contribution in [0.15, 0.2) is 24.3 Å². The molecule has 0 bridgehead atoms. The maximum absolute atomic E-state index is 11.2. The summed E-state index contributed by atoms with van der Waals surface area (Å²) in [5, 5.41) is 0. The Morgan fingerprint density at radius 1 is 1.50 bits per heavy atom. The zero-order valence-corrected chi connectivity index (χ0v) is 9.35. The van der Waals surface area contributed by atoms with E-state index in [1.54, 1.807) is 11.9 Å². The van der Waals surface area contributed by atoms with E-state index in [9.17, 15) is 4.79 Å². The van der Waals surface area contributed by atoms with E-state index in [4.69, 9.17) is 10.5 Å². The number of morpholine rings is 1. The minimum absolute atomic E-state index is 0.0392. The number of likely N-dealkylation sites (N-methyl/N-ethyl adjacent to an activating group) is 1. The monoisotopic (exact) mass is 220 g/mol. The van der Waals surface area contributed by atoms with Gasteiger partial charge in [0.05, 0.1) is 6.10 Å². The van der Waals surface area contributed by atoms with Crippen molar-refractivity contribution in [1.82, 2.24) is 4.90 Å². The fourth-order valence-corrected chi connectivity index (χ4v) is 1.85. The molecule has 1 aliphatic heterocycles. The van der Waals surface area contributed by atoms with Gasteiger partial charge in [0.15, 0.2) is 0 Å². The molecule has 0 saturated carbocycles. The highest BCUT2D eigenvalue weighted by Crippen LogP contribution is 2.16. The summed E-state index contributed by atoms with van der Waals surface area (Å²) in [6.07, 6.45) is 0.803. The summed E-state index contributed by atoms with van der Waals surface area (Å²) in [6, 6.07) is 7.75. The number of amides is 1. The quantitative estimate of drug-likeness (QED) is 0.745. The molecule has 0 spiro atoms. The standard InChI is InChI=1S/C12H16N2O2/c1-14-7-10(16-8-12(14)15)6-9-4-2-3-5-11(9)13/h2-5,10H,6-8,13H2,1H3. The van der Waals surface area contributed by atoms with E-state index < -0.39 is 0 Å². The molecule has 1 saturated heterocycles. The van der Waals surface area contributed by atoms with Gasteiger partial charge in [-0.3, -0.25) is 4.79 Å². The highest BCUT2D eigenvalue weighted by molar-refractivity contribution is 5.77. The largest absolute Gasteiger partial charge is 0.399 e. The Kier molecular flexibility index (Phi) is 3.10. The number of para-hydroxylation sites is 1. The number of benzene rings is 1. The molecule has 86 valence electrons. The maximum atomic E-state index is 11.2. The van der Waals surface area contributed by atoms with Crippen molar-refractivity contribution in [2.45, 2.75) is 12.5 Å². The molecule has 1 aromatic rings. The Balaban J connectivity index is 2.01. The first-order chi connectivity index (χ1) is 7.66. The van der Waals surface area contributed by atoms with Crippen molar-refractivity contribution in [2.75, 3.05) is 25.9 Å². The first kappa shape index (κ1) is 11.0. The van der Waals surface area contributed by atoms with Crippen molar-refractivity contribution in [2.24, 2.45) is 0 Å². The number of hydrogen-bond donors (Lipinski definition) is 1. The van der Waals surface area contributed by atoms with Gasteiger partial charge in [0.1, 0.15) is 6.61 Å². The van der Waals surface area contributed by atoms with Gasteiger partial charge in [-0.1, -0.05) is 18.2 Å². The second-order valence-corrected chi connectivity index (χ2v) is 4.11. The molecule has 1 amide bonds. The second-order valence-electron chi connectivity index (χ2n) is 4.11. The van der Waals surface area contributed by atoms with Gasteiger partial charge in [0.2, 0.25) is 5.91 Å². The van der Waals surface area contributed by atoms with Crippen LogP contribution in [-0.2, 0) is 16.0 Å². The molecule has 1 unspecified atom stereocenters. The molecule has 2 rings (SSSR count). The van der Waals surface area contributed by atoms with Gasteiger partial charge >= 0.3 is 0 Å². The van der Waals surface area contributed by atoms with Crippen molar-refractivity contribution < 1.29 is 9.53 Å². The third-order valence-corrected chi connectivity index (χ3v) is 2.85. The van der Waals surface area contributed by atoms with Crippen LogP contribution >= 0.6 is 0 Å². The molecule has 4 nitrogen and oxygen atoms in total. The van der Waals surface area contributed by atoms with E-state index in [2.05, 4.69) is 0 Å². The molecule has 1 heterocycles. The van der Waals surface area contributed by atoms with Gasteiger partial charge in [-0.05, 0) is 11.6 Å². The Hall–Kier alpha value is -1.55. The molecular weight excluding hydrogens is 204 g/mol. The predicted octanol–water partition coefficient (Wildman–Crippen LogP) is 0.668. The zero-order chi connectivity index (χ0) is 11.5. The second kappa shape index (κ2) is 4.53. The van der Waals surface area contributed by atoms with E-state index in [1.165, 1.54) is 0 Å². The van der Waals surface area contributed by atoms with Crippen molar-refractivity contribution in [3.05, 3.63) is 29.8 Å². The fourth-order valence-electron chi connectivity index (χ4n) is 1.85. The topological polar surface area (TPSA) is 55.6 Å². The molecule has 0 aliphatic carbocycles. The first-order valence-corrected chi connectivity index (χ1v) is 5.36. The van der Waals surface area contributed by atoms with Gasteiger partial charge in [0, 0.05) is 25.7 Å². The van der Waals surface area contributed by atoms with E-state index >= 15 is 0 Å². The normalized spacial score (nSPS) is 21.2. The third-order valence-electron chi connectivity index (χ3n) is 2.85. The van der Waals surface area contributed by atoms with E-state index in [0.717, 1.165) is 17.7 Å². The molecule has 1 fully saturated rings. The Morgan fingerprint density at radius 3 is 2.94 bits per heavy atom. The molecule has 16 heavy (non-hydrogen) atoms. The number of nitrogen functional groups attached to an aromatic ring is 1. The smallest absolute Gasteiger partial charge is 0.248 e. The number of nitrogens with zero attached hydrogens (tertiary/aromatic N) is 1. The van der Waals surface area contributed by atoms with E-state index in [1.807, 2.05) is 24.3 Å². The summed E-state index contributed by atoms with van der Waals surface area (Å²) in [6.45, 7) is 0.807. The summed E-state index contributed by atoms with van der Waals surface area (Å²) in [5.74, 6) is 0.0392. The minimum Gasteiger partial charge on any atom is -0.399 e. The molecule has 2 N–H and O–H groups in total. The van der Waals surface area contributed by atoms with Crippen LogP contribution < -0.4 is 5.73 Å². The summed E-state index contributed by atoms with van der Waals surface area (Å²) in [4.78, 5) is 12.9. The highest BCUT2D eigenvalue weighted by Gasteiger charge is 2.23. The van der Waals surface area contributed by atoms with Crippen LogP contribution in [0.1, 0.15) is 5.56 Å². The number of carbonyl (C=O) groups is 1. The number of anilines is 1. The van der Waals surface area contributed by atoms with Crippen LogP contribution in [0.5, 0.6) is 0 Å². The molecule has 1 atom stereocenters. The van der Waals surface area contributed by atoms with Gasteiger partial charge in [-0.25, -0.2) is 0 Å². The number of rotatable bonds is 2.